The summed E-state index contributed by atoms with van der Waals surface area (Å²) in [6.45, 7) is 1.77. The van der Waals surface area contributed by atoms with Crippen molar-refractivity contribution in [3.63, 3.8) is 0 Å². The lowest BCUT2D eigenvalue weighted by Crippen LogP contribution is -2.39. The summed E-state index contributed by atoms with van der Waals surface area (Å²) >= 11 is 5.26. The van der Waals surface area contributed by atoms with Crippen LogP contribution in [0, 0.1) is 0 Å². The van der Waals surface area contributed by atoms with E-state index in [4.69, 9.17) is 0 Å². The second-order valence-electron chi connectivity index (χ2n) is 4.62. The Balaban J connectivity index is 1.66. The first-order valence-corrected chi connectivity index (χ1v) is 8.61. The zero-order chi connectivity index (χ0) is 14.9. The number of nitrogens with zero attached hydrogens (tertiary/aromatic N) is 1. The topological polar surface area (TPSA) is 36.4 Å². The molecule has 0 unspecified atom stereocenters. The Morgan fingerprint density at radius 1 is 1.05 bits per heavy atom. The molecule has 0 saturated heterocycles. The molecule has 21 heavy (non-hydrogen) atoms. The maximum atomic E-state index is 4.24. The van der Waals surface area contributed by atoms with Crippen molar-refractivity contribution in [3.8, 4) is 0 Å². The minimum Gasteiger partial charge on any atom is -0.356 e. The van der Waals surface area contributed by atoms with Gasteiger partial charge in [-0.1, -0.05) is 30.3 Å². The quantitative estimate of drug-likeness (QED) is 0.607. The van der Waals surface area contributed by atoms with Crippen molar-refractivity contribution in [1.29, 1.82) is 0 Å². The first kappa shape index (κ1) is 16.0. The fraction of sp³-hybridized carbons (Fsp3) is 0.312. The van der Waals surface area contributed by atoms with Crippen molar-refractivity contribution in [1.82, 2.24) is 10.6 Å². The molecule has 1 aromatic carbocycles. The molecule has 5 heteroatoms. The van der Waals surface area contributed by atoms with Gasteiger partial charge in [0.15, 0.2) is 5.96 Å². The number of halogens is 1. The van der Waals surface area contributed by atoms with Crippen LogP contribution < -0.4 is 10.6 Å². The number of aliphatic imine (C=N–C) groups is 1. The Hall–Kier alpha value is -1.33. The van der Waals surface area contributed by atoms with Gasteiger partial charge >= 0.3 is 0 Å². The number of thiophene rings is 1. The Morgan fingerprint density at radius 3 is 2.38 bits per heavy atom. The zero-order valence-corrected chi connectivity index (χ0v) is 14.5. The number of nitrogens with one attached hydrogen (secondary N) is 2. The summed E-state index contributed by atoms with van der Waals surface area (Å²) in [6.07, 6.45) is 2.01. The third kappa shape index (κ3) is 5.89. The van der Waals surface area contributed by atoms with E-state index in [-0.39, 0.29) is 0 Å². The highest BCUT2D eigenvalue weighted by atomic mass is 79.9. The van der Waals surface area contributed by atoms with E-state index in [2.05, 4.69) is 68.0 Å². The van der Waals surface area contributed by atoms with Crippen LogP contribution in [0.5, 0.6) is 0 Å². The molecule has 0 aliphatic carbocycles. The van der Waals surface area contributed by atoms with E-state index in [1.165, 1.54) is 14.2 Å². The van der Waals surface area contributed by atoms with Gasteiger partial charge in [0.2, 0.25) is 0 Å². The van der Waals surface area contributed by atoms with Gasteiger partial charge in [-0.25, -0.2) is 0 Å². The summed E-state index contributed by atoms with van der Waals surface area (Å²) in [5.41, 5.74) is 1.34. The lowest BCUT2D eigenvalue weighted by Gasteiger charge is -2.11. The number of guanidine groups is 1. The minimum atomic E-state index is 0.863. The molecule has 0 fully saturated rings. The fourth-order valence-electron chi connectivity index (χ4n) is 1.98. The van der Waals surface area contributed by atoms with Crippen molar-refractivity contribution in [2.75, 3.05) is 20.1 Å². The highest BCUT2D eigenvalue weighted by Gasteiger charge is 2.00. The lowest BCUT2D eigenvalue weighted by atomic mass is 10.1. The summed E-state index contributed by atoms with van der Waals surface area (Å²) in [4.78, 5) is 5.61. The van der Waals surface area contributed by atoms with Crippen LogP contribution in [0.3, 0.4) is 0 Å². The van der Waals surface area contributed by atoms with Crippen LogP contribution in [0.25, 0.3) is 0 Å². The van der Waals surface area contributed by atoms with Crippen molar-refractivity contribution >= 4 is 33.2 Å². The van der Waals surface area contributed by atoms with E-state index in [0.29, 0.717) is 0 Å². The molecule has 0 radical (unpaired) electrons. The molecule has 0 atom stereocenters. The van der Waals surface area contributed by atoms with Crippen LogP contribution in [0.4, 0.5) is 0 Å². The monoisotopic (exact) mass is 365 g/mol. The average Bonchev–Trinajstić information content (AvgIpc) is 2.92. The van der Waals surface area contributed by atoms with E-state index in [9.17, 15) is 0 Å². The summed E-state index contributed by atoms with van der Waals surface area (Å²) in [6, 6.07) is 14.7. The fourth-order valence-corrected chi connectivity index (χ4v) is 3.46. The number of hydrogen-bond acceptors (Lipinski definition) is 2. The van der Waals surface area contributed by atoms with Crippen molar-refractivity contribution in [3.05, 3.63) is 56.7 Å². The van der Waals surface area contributed by atoms with Crippen LogP contribution in [0.2, 0.25) is 0 Å². The standard InChI is InChI=1S/C16H20BrN3S/c1-18-16(19-11-9-13-5-3-2-4-6-13)20-12-10-14-7-8-15(17)21-14/h2-8H,9-12H2,1H3,(H2,18,19,20). The highest BCUT2D eigenvalue weighted by molar-refractivity contribution is 9.11. The maximum absolute atomic E-state index is 4.24. The van der Waals surface area contributed by atoms with Gasteiger partial charge in [-0.2, -0.15) is 0 Å². The van der Waals surface area contributed by atoms with Crippen LogP contribution in [-0.4, -0.2) is 26.1 Å². The third-order valence-electron chi connectivity index (χ3n) is 3.07. The number of rotatable bonds is 6. The zero-order valence-electron chi connectivity index (χ0n) is 12.1. The van der Waals surface area contributed by atoms with Crippen molar-refractivity contribution in [2.24, 2.45) is 4.99 Å². The van der Waals surface area contributed by atoms with Gasteiger partial charge in [0.25, 0.3) is 0 Å². The smallest absolute Gasteiger partial charge is 0.190 e. The Kier molecular flexibility index (Phi) is 6.76. The van der Waals surface area contributed by atoms with Crippen LogP contribution >= 0.6 is 27.3 Å². The SMILES string of the molecule is CN=C(NCCc1ccccc1)NCCc1ccc(Br)s1. The second-order valence-corrected chi connectivity index (χ2v) is 7.16. The van der Waals surface area contributed by atoms with Gasteiger partial charge in [-0.05, 0) is 46.5 Å². The molecule has 2 aromatic rings. The molecule has 2 N–H and O–H groups in total. The van der Waals surface area contributed by atoms with E-state index >= 15 is 0 Å². The summed E-state index contributed by atoms with van der Waals surface area (Å²) < 4.78 is 1.18. The third-order valence-corrected chi connectivity index (χ3v) is 4.75. The van der Waals surface area contributed by atoms with E-state index in [1.807, 2.05) is 6.07 Å². The van der Waals surface area contributed by atoms with E-state index in [0.717, 1.165) is 31.9 Å². The maximum Gasteiger partial charge on any atom is 0.190 e. The van der Waals surface area contributed by atoms with E-state index in [1.54, 1.807) is 18.4 Å². The Labute approximate surface area is 138 Å². The first-order chi connectivity index (χ1) is 10.3. The number of hydrogen-bond donors (Lipinski definition) is 2. The molecule has 0 saturated carbocycles. The average molecular weight is 366 g/mol. The predicted octanol–water partition coefficient (Wildman–Crippen LogP) is 3.46. The summed E-state index contributed by atoms with van der Waals surface area (Å²) in [5, 5.41) is 6.69. The predicted molar refractivity (Wildman–Crippen MR) is 95.2 cm³/mol. The second kappa shape index (κ2) is 8.85. The molecule has 1 aromatic heterocycles. The molecule has 0 amide bonds. The minimum absolute atomic E-state index is 0.863. The van der Waals surface area contributed by atoms with Crippen molar-refractivity contribution in [2.45, 2.75) is 12.8 Å². The van der Waals surface area contributed by atoms with Gasteiger partial charge in [-0.15, -0.1) is 11.3 Å². The molecule has 112 valence electrons. The molecule has 0 aliphatic rings. The highest BCUT2D eigenvalue weighted by Crippen LogP contribution is 2.21. The van der Waals surface area contributed by atoms with Gasteiger partial charge in [0, 0.05) is 25.0 Å². The van der Waals surface area contributed by atoms with Gasteiger partial charge in [0.05, 0.1) is 3.79 Å². The molecular formula is C16H20BrN3S. The van der Waals surface area contributed by atoms with Gasteiger partial charge in [0.1, 0.15) is 0 Å². The number of benzene rings is 1. The van der Waals surface area contributed by atoms with Crippen LogP contribution in [0.1, 0.15) is 10.4 Å². The van der Waals surface area contributed by atoms with Gasteiger partial charge < -0.3 is 10.6 Å². The Morgan fingerprint density at radius 2 is 1.76 bits per heavy atom. The molecule has 0 spiro atoms. The van der Waals surface area contributed by atoms with E-state index < -0.39 is 0 Å². The van der Waals surface area contributed by atoms with Crippen molar-refractivity contribution < 1.29 is 0 Å². The lowest BCUT2D eigenvalue weighted by molar-refractivity contribution is 0.788. The molecular weight excluding hydrogens is 346 g/mol. The molecule has 3 nitrogen and oxygen atoms in total. The summed E-state index contributed by atoms with van der Waals surface area (Å²) in [5.74, 6) is 0.863. The van der Waals surface area contributed by atoms with Crippen LogP contribution in [-0.2, 0) is 12.8 Å². The molecule has 0 aliphatic heterocycles. The molecule has 0 bridgehead atoms. The normalized spacial score (nSPS) is 11.4. The largest absolute Gasteiger partial charge is 0.356 e. The Bertz CT molecular complexity index is 566. The van der Waals surface area contributed by atoms with Crippen LogP contribution in [0.15, 0.2) is 51.2 Å². The first-order valence-electron chi connectivity index (χ1n) is 7.00. The molecule has 1 heterocycles. The van der Waals surface area contributed by atoms with Gasteiger partial charge in [-0.3, -0.25) is 4.99 Å². The molecule has 2 rings (SSSR count). The summed E-state index contributed by atoms with van der Waals surface area (Å²) in [7, 11) is 1.81.